The minimum atomic E-state index is -0.343. The Morgan fingerprint density at radius 1 is 1.30 bits per heavy atom. The summed E-state index contributed by atoms with van der Waals surface area (Å²) in [5.41, 5.74) is 0.344. The smallest absolute Gasteiger partial charge is 0.358 e. The Balaban J connectivity index is 2.33. The van der Waals surface area contributed by atoms with Gasteiger partial charge in [-0.1, -0.05) is 50.9 Å². The van der Waals surface area contributed by atoms with Gasteiger partial charge in [0, 0.05) is 5.38 Å². The summed E-state index contributed by atoms with van der Waals surface area (Å²) in [5.74, 6) is -0.343. The van der Waals surface area contributed by atoms with Crippen LogP contribution >= 0.6 is 11.3 Å². The molecule has 1 unspecified atom stereocenters. The van der Waals surface area contributed by atoms with Gasteiger partial charge in [-0.25, -0.2) is 4.79 Å². The Bertz CT molecular complexity index is 392. The van der Waals surface area contributed by atoms with Crippen molar-refractivity contribution in [1.29, 1.82) is 0 Å². The normalized spacial score (nSPS) is 12.2. The van der Waals surface area contributed by atoms with E-state index in [9.17, 15) is 4.79 Å². The van der Waals surface area contributed by atoms with Gasteiger partial charge in [-0.3, -0.25) is 0 Å². The van der Waals surface area contributed by atoms with Gasteiger partial charge >= 0.3 is 5.97 Å². The lowest BCUT2D eigenvalue weighted by molar-refractivity contribution is 0.0260. The molecular formula is C15H25NO3S. The number of hydrogen-bond acceptors (Lipinski definition) is 5. The molecule has 0 spiro atoms. The number of ether oxygens (including phenoxy) is 2. The van der Waals surface area contributed by atoms with E-state index in [1.54, 1.807) is 12.5 Å². The van der Waals surface area contributed by atoms with E-state index < -0.39 is 0 Å². The van der Waals surface area contributed by atoms with Gasteiger partial charge in [0.05, 0.1) is 7.11 Å². The quantitative estimate of drug-likeness (QED) is 0.473. The molecule has 0 N–H and O–H groups in total. The van der Waals surface area contributed by atoms with E-state index in [0.29, 0.717) is 10.9 Å². The van der Waals surface area contributed by atoms with E-state index in [4.69, 9.17) is 9.47 Å². The molecule has 1 aromatic heterocycles. The largest absolute Gasteiger partial charge is 0.473 e. The van der Waals surface area contributed by atoms with Crippen molar-refractivity contribution in [2.75, 3.05) is 7.11 Å². The molecule has 20 heavy (non-hydrogen) atoms. The molecule has 0 bridgehead atoms. The van der Waals surface area contributed by atoms with Gasteiger partial charge < -0.3 is 9.47 Å². The summed E-state index contributed by atoms with van der Waals surface area (Å²) in [6.07, 6.45) is 7.92. The van der Waals surface area contributed by atoms with Gasteiger partial charge in [-0.05, 0) is 19.3 Å². The van der Waals surface area contributed by atoms with Gasteiger partial charge in [0.1, 0.15) is 6.10 Å². The van der Waals surface area contributed by atoms with Crippen LogP contribution in [-0.2, 0) is 4.74 Å². The molecule has 1 heterocycles. The van der Waals surface area contributed by atoms with Gasteiger partial charge in [-0.2, -0.15) is 4.98 Å². The summed E-state index contributed by atoms with van der Waals surface area (Å²) < 4.78 is 10.5. The van der Waals surface area contributed by atoms with E-state index in [1.165, 1.54) is 37.0 Å². The molecule has 1 atom stereocenters. The van der Waals surface area contributed by atoms with Crippen molar-refractivity contribution in [2.45, 2.75) is 64.9 Å². The van der Waals surface area contributed by atoms with Crippen LogP contribution in [0.5, 0.6) is 5.19 Å². The van der Waals surface area contributed by atoms with Gasteiger partial charge in [0.2, 0.25) is 0 Å². The third-order valence-electron chi connectivity index (χ3n) is 3.23. The van der Waals surface area contributed by atoms with Crippen molar-refractivity contribution in [3.63, 3.8) is 0 Å². The number of unbranched alkanes of at least 4 members (excludes halogenated alkanes) is 4. The molecule has 0 amide bonds. The predicted octanol–water partition coefficient (Wildman–Crippen LogP) is 4.45. The van der Waals surface area contributed by atoms with Crippen LogP contribution in [0.4, 0.5) is 0 Å². The second-order valence-corrected chi connectivity index (χ2v) is 5.66. The number of rotatable bonds is 10. The molecule has 0 saturated heterocycles. The van der Waals surface area contributed by atoms with Gasteiger partial charge in [0.15, 0.2) is 5.69 Å². The summed E-state index contributed by atoms with van der Waals surface area (Å²) in [4.78, 5) is 16.0. The number of methoxy groups -OCH3 is 1. The maximum Gasteiger partial charge on any atom is 0.358 e. The van der Waals surface area contributed by atoms with E-state index in [-0.39, 0.29) is 12.1 Å². The molecule has 4 nitrogen and oxygen atoms in total. The van der Waals surface area contributed by atoms with Crippen molar-refractivity contribution < 1.29 is 14.3 Å². The number of aromatic nitrogens is 1. The molecule has 0 radical (unpaired) electrons. The van der Waals surface area contributed by atoms with Crippen molar-refractivity contribution in [1.82, 2.24) is 4.98 Å². The van der Waals surface area contributed by atoms with Crippen LogP contribution in [0.25, 0.3) is 0 Å². The van der Waals surface area contributed by atoms with E-state index in [1.807, 2.05) is 6.92 Å². The van der Waals surface area contributed by atoms with Crippen LogP contribution in [0, 0.1) is 0 Å². The molecule has 1 aromatic rings. The minimum Gasteiger partial charge on any atom is -0.473 e. The third-order valence-corrected chi connectivity index (χ3v) is 4.03. The van der Waals surface area contributed by atoms with Crippen LogP contribution < -0.4 is 4.74 Å². The molecule has 5 heteroatoms. The third kappa shape index (κ3) is 5.90. The van der Waals surface area contributed by atoms with Crippen molar-refractivity contribution in [2.24, 2.45) is 0 Å². The average molecular weight is 299 g/mol. The number of nitrogens with zero attached hydrogens (tertiary/aromatic N) is 1. The first-order valence-electron chi connectivity index (χ1n) is 7.41. The summed E-state index contributed by atoms with van der Waals surface area (Å²) in [5, 5.41) is 2.17. The van der Waals surface area contributed by atoms with Crippen molar-refractivity contribution in [3.8, 4) is 5.19 Å². The summed E-state index contributed by atoms with van der Waals surface area (Å²) >= 11 is 1.31. The molecule has 1 rings (SSSR count). The highest BCUT2D eigenvalue weighted by molar-refractivity contribution is 7.11. The van der Waals surface area contributed by atoms with Crippen molar-refractivity contribution in [3.05, 3.63) is 11.1 Å². The lowest BCUT2D eigenvalue weighted by atomic mass is 10.1. The van der Waals surface area contributed by atoms with E-state index in [0.717, 1.165) is 19.3 Å². The first-order chi connectivity index (χ1) is 9.71. The van der Waals surface area contributed by atoms with Crippen molar-refractivity contribution >= 4 is 17.3 Å². The Morgan fingerprint density at radius 2 is 2.05 bits per heavy atom. The zero-order valence-corrected chi connectivity index (χ0v) is 13.5. The highest BCUT2D eigenvalue weighted by atomic mass is 32.1. The standard InChI is InChI=1S/C15H25NO3S/c1-4-6-7-8-9-10-12(5-2)19-14(17)13-11-20-15(16-13)18-3/h11-12H,4-10H2,1-3H3. The average Bonchev–Trinajstić information content (AvgIpc) is 2.94. The maximum absolute atomic E-state index is 11.9. The summed E-state index contributed by atoms with van der Waals surface area (Å²) in [7, 11) is 1.54. The topological polar surface area (TPSA) is 48.4 Å². The first kappa shape index (κ1) is 17.0. The van der Waals surface area contributed by atoms with Crippen LogP contribution in [-0.4, -0.2) is 24.2 Å². The minimum absolute atomic E-state index is 0.00294. The lowest BCUT2D eigenvalue weighted by Crippen LogP contribution is -2.17. The molecule has 114 valence electrons. The van der Waals surface area contributed by atoms with Crippen LogP contribution in [0.1, 0.15) is 69.3 Å². The number of hydrogen-bond donors (Lipinski definition) is 0. The Kier molecular flexibility index (Phi) is 8.26. The first-order valence-corrected chi connectivity index (χ1v) is 8.29. The Hall–Kier alpha value is -1.10. The second-order valence-electron chi connectivity index (χ2n) is 4.84. The number of carbonyl (C=O) groups excluding carboxylic acids is 1. The maximum atomic E-state index is 11.9. The van der Waals surface area contributed by atoms with E-state index >= 15 is 0 Å². The number of thiazole rings is 1. The lowest BCUT2D eigenvalue weighted by Gasteiger charge is -2.15. The van der Waals surface area contributed by atoms with Crippen LogP contribution in [0.3, 0.4) is 0 Å². The SMILES string of the molecule is CCCCCCCC(CC)OC(=O)c1csc(OC)n1. The fourth-order valence-corrected chi connectivity index (χ4v) is 2.59. The number of carbonyl (C=O) groups is 1. The second kappa shape index (κ2) is 9.75. The molecule has 0 aliphatic rings. The molecule has 0 aliphatic carbocycles. The fourth-order valence-electron chi connectivity index (χ4n) is 1.98. The van der Waals surface area contributed by atoms with Crippen LogP contribution in [0.15, 0.2) is 5.38 Å². The predicted molar refractivity (Wildman–Crippen MR) is 81.5 cm³/mol. The molecule has 0 aliphatic heterocycles. The fraction of sp³-hybridized carbons (Fsp3) is 0.733. The highest BCUT2D eigenvalue weighted by Crippen LogP contribution is 2.19. The molecule has 0 fully saturated rings. The molecule has 0 saturated carbocycles. The Morgan fingerprint density at radius 3 is 2.65 bits per heavy atom. The van der Waals surface area contributed by atoms with Crippen LogP contribution in [0.2, 0.25) is 0 Å². The van der Waals surface area contributed by atoms with Gasteiger partial charge in [-0.15, -0.1) is 0 Å². The number of esters is 1. The van der Waals surface area contributed by atoms with E-state index in [2.05, 4.69) is 11.9 Å². The molecule has 0 aromatic carbocycles. The summed E-state index contributed by atoms with van der Waals surface area (Å²) in [6, 6.07) is 0. The zero-order chi connectivity index (χ0) is 14.8. The summed E-state index contributed by atoms with van der Waals surface area (Å²) in [6.45, 7) is 4.25. The molecular weight excluding hydrogens is 274 g/mol. The monoisotopic (exact) mass is 299 g/mol. The zero-order valence-electron chi connectivity index (χ0n) is 12.7. The van der Waals surface area contributed by atoms with Gasteiger partial charge in [0.25, 0.3) is 5.19 Å². The highest BCUT2D eigenvalue weighted by Gasteiger charge is 2.17. The Labute approximate surface area is 125 Å².